The summed E-state index contributed by atoms with van der Waals surface area (Å²) in [7, 11) is 0. The lowest BCUT2D eigenvalue weighted by atomic mass is 10.1. The molecule has 2 aliphatic rings. The first-order chi connectivity index (χ1) is 17.9. The summed E-state index contributed by atoms with van der Waals surface area (Å²) in [4.78, 5) is 38.7. The summed E-state index contributed by atoms with van der Waals surface area (Å²) in [6.45, 7) is 10.1. The van der Waals surface area contributed by atoms with Crippen LogP contribution in [0.15, 0.2) is 58.4 Å². The van der Waals surface area contributed by atoms with Gasteiger partial charge in [0.15, 0.2) is 0 Å². The molecule has 7 nitrogen and oxygen atoms in total. The lowest BCUT2D eigenvalue weighted by molar-refractivity contribution is -0.123. The zero-order valence-corrected chi connectivity index (χ0v) is 23.0. The molecule has 0 spiro atoms. The maximum atomic E-state index is 13.8. The molecule has 0 saturated carbocycles. The number of hydrogen-bond acceptors (Lipinski definition) is 7. The first-order valence-electron chi connectivity index (χ1n) is 12.7. The first kappa shape index (κ1) is 25.6. The molecule has 2 fully saturated rings. The second-order valence-corrected chi connectivity index (χ2v) is 11.3. The van der Waals surface area contributed by atoms with E-state index >= 15 is 0 Å². The summed E-state index contributed by atoms with van der Waals surface area (Å²) in [5, 5.41) is 0. The van der Waals surface area contributed by atoms with Crippen molar-refractivity contribution in [2.75, 3.05) is 31.1 Å². The molecular weight excluding hydrogens is 502 g/mol. The average Bonchev–Trinajstić information content (AvgIpc) is 3.19. The van der Waals surface area contributed by atoms with Gasteiger partial charge in [0.25, 0.3) is 11.5 Å². The van der Waals surface area contributed by atoms with Gasteiger partial charge in [0.1, 0.15) is 15.8 Å². The van der Waals surface area contributed by atoms with E-state index < -0.39 is 0 Å². The number of fused-ring (bicyclic) bond motifs is 1. The van der Waals surface area contributed by atoms with E-state index in [4.69, 9.17) is 17.2 Å². The van der Waals surface area contributed by atoms with Crippen molar-refractivity contribution in [3.8, 4) is 0 Å². The molecule has 4 heterocycles. The third-order valence-electron chi connectivity index (χ3n) is 7.12. The molecule has 2 aliphatic heterocycles. The van der Waals surface area contributed by atoms with Gasteiger partial charge in [-0.25, -0.2) is 4.98 Å². The molecule has 0 N–H and O–H groups in total. The van der Waals surface area contributed by atoms with E-state index in [2.05, 4.69) is 34.1 Å². The van der Waals surface area contributed by atoms with E-state index in [1.807, 2.05) is 39.0 Å². The summed E-state index contributed by atoms with van der Waals surface area (Å²) in [5.41, 5.74) is 3.11. The highest BCUT2D eigenvalue weighted by Gasteiger charge is 2.35. The number of aromatic nitrogens is 2. The Labute approximate surface area is 226 Å². The van der Waals surface area contributed by atoms with E-state index in [0.29, 0.717) is 26.3 Å². The Morgan fingerprint density at radius 3 is 2.51 bits per heavy atom. The van der Waals surface area contributed by atoms with Crippen LogP contribution in [0.1, 0.15) is 37.0 Å². The lowest BCUT2D eigenvalue weighted by Crippen LogP contribution is -2.47. The zero-order valence-electron chi connectivity index (χ0n) is 21.4. The lowest BCUT2D eigenvalue weighted by Gasteiger charge is -2.36. The summed E-state index contributed by atoms with van der Waals surface area (Å²) in [6, 6.07) is 14.3. The van der Waals surface area contributed by atoms with Crippen LogP contribution in [0.5, 0.6) is 0 Å². The molecule has 192 valence electrons. The number of benzene rings is 1. The van der Waals surface area contributed by atoms with E-state index in [-0.39, 0.29) is 17.5 Å². The van der Waals surface area contributed by atoms with E-state index in [9.17, 15) is 9.59 Å². The Morgan fingerprint density at radius 2 is 1.81 bits per heavy atom. The number of hydrogen-bond donors (Lipinski definition) is 0. The van der Waals surface area contributed by atoms with Crippen molar-refractivity contribution in [3.05, 3.63) is 80.6 Å². The molecule has 1 aromatic carbocycles. The largest absolute Gasteiger partial charge is 0.353 e. The molecule has 2 aromatic heterocycles. The van der Waals surface area contributed by atoms with Crippen LogP contribution < -0.4 is 10.5 Å². The van der Waals surface area contributed by atoms with Gasteiger partial charge in [-0.1, -0.05) is 67.3 Å². The highest BCUT2D eigenvalue weighted by molar-refractivity contribution is 8.26. The average molecular weight is 534 g/mol. The molecule has 1 atom stereocenters. The number of piperazine rings is 1. The van der Waals surface area contributed by atoms with E-state index in [0.717, 1.165) is 44.7 Å². The minimum absolute atomic E-state index is 0.00837. The number of pyridine rings is 1. The number of carbonyl (C=O) groups is 1. The van der Waals surface area contributed by atoms with Gasteiger partial charge in [-0.05, 0) is 43.5 Å². The maximum Gasteiger partial charge on any atom is 0.267 e. The molecular formula is C28H31N5O2S2. The minimum atomic E-state index is -0.177. The van der Waals surface area contributed by atoms with Crippen molar-refractivity contribution >= 4 is 51.7 Å². The van der Waals surface area contributed by atoms with Gasteiger partial charge >= 0.3 is 0 Å². The number of thioether (sulfide) groups is 1. The van der Waals surface area contributed by atoms with Crippen molar-refractivity contribution in [2.24, 2.45) is 0 Å². The number of anilines is 1. The van der Waals surface area contributed by atoms with Gasteiger partial charge < -0.3 is 4.90 Å². The van der Waals surface area contributed by atoms with Crippen molar-refractivity contribution in [2.45, 2.75) is 39.8 Å². The second-order valence-electron chi connectivity index (χ2n) is 9.60. The molecule has 9 heteroatoms. The van der Waals surface area contributed by atoms with Crippen molar-refractivity contribution < 1.29 is 4.79 Å². The Hall–Kier alpha value is -3.01. The molecule has 0 bridgehead atoms. The highest BCUT2D eigenvalue weighted by Crippen LogP contribution is 2.35. The maximum absolute atomic E-state index is 13.8. The monoisotopic (exact) mass is 533 g/mol. The number of thiocarbonyl (C=S) groups is 1. The van der Waals surface area contributed by atoms with Crippen molar-refractivity contribution in [1.82, 2.24) is 19.2 Å². The third kappa shape index (κ3) is 5.08. The fourth-order valence-corrected chi connectivity index (χ4v) is 6.24. The smallest absolute Gasteiger partial charge is 0.267 e. The summed E-state index contributed by atoms with van der Waals surface area (Å²) >= 11 is 6.78. The highest BCUT2D eigenvalue weighted by atomic mass is 32.2. The van der Waals surface area contributed by atoms with Crippen LogP contribution in [-0.2, 0) is 11.3 Å². The summed E-state index contributed by atoms with van der Waals surface area (Å²) in [5.74, 6) is 0.490. The van der Waals surface area contributed by atoms with Crippen molar-refractivity contribution in [1.29, 1.82) is 0 Å². The second kappa shape index (κ2) is 10.8. The Balaban J connectivity index is 1.50. The fourth-order valence-electron chi connectivity index (χ4n) is 4.80. The number of aryl methyl sites for hydroxylation is 1. The van der Waals surface area contributed by atoms with Crippen LogP contribution in [-0.4, -0.2) is 61.6 Å². The van der Waals surface area contributed by atoms with Crippen molar-refractivity contribution in [3.63, 3.8) is 0 Å². The predicted octanol–water partition coefficient (Wildman–Crippen LogP) is 4.32. The van der Waals surface area contributed by atoms with Gasteiger partial charge in [0, 0.05) is 45.0 Å². The molecule has 0 radical (unpaired) electrons. The van der Waals surface area contributed by atoms with Gasteiger partial charge in [-0.3, -0.25) is 23.8 Å². The van der Waals surface area contributed by atoms with Gasteiger partial charge in [-0.15, -0.1) is 0 Å². The SMILES string of the molecule is CC[C@H](C)N1C(=O)/C(=C/c2c(N3CCN(Cc4ccccc4)CC3)nc3c(C)cccn3c2=O)SC1=S. The van der Waals surface area contributed by atoms with Crippen LogP contribution >= 0.6 is 24.0 Å². The third-order valence-corrected chi connectivity index (χ3v) is 8.45. The number of amides is 1. The van der Waals surface area contributed by atoms with Gasteiger partial charge in [0.05, 0.1) is 10.5 Å². The molecule has 5 rings (SSSR count). The molecule has 1 amide bonds. The summed E-state index contributed by atoms with van der Waals surface area (Å²) in [6.07, 6.45) is 4.25. The number of rotatable bonds is 6. The Kier molecular flexibility index (Phi) is 7.46. The van der Waals surface area contributed by atoms with E-state index in [1.165, 1.54) is 17.3 Å². The summed E-state index contributed by atoms with van der Waals surface area (Å²) < 4.78 is 2.11. The van der Waals surface area contributed by atoms with Gasteiger partial charge in [-0.2, -0.15) is 0 Å². The molecule has 2 saturated heterocycles. The van der Waals surface area contributed by atoms with Crippen LogP contribution in [0.2, 0.25) is 0 Å². The zero-order chi connectivity index (χ0) is 26.1. The molecule has 3 aromatic rings. The Bertz CT molecular complexity index is 1430. The number of nitrogens with zero attached hydrogens (tertiary/aromatic N) is 5. The molecule has 0 unspecified atom stereocenters. The Morgan fingerprint density at radius 1 is 1.08 bits per heavy atom. The number of carbonyl (C=O) groups excluding carboxylic acids is 1. The van der Waals surface area contributed by atoms with Crippen LogP contribution in [0.3, 0.4) is 0 Å². The first-order valence-corrected chi connectivity index (χ1v) is 13.9. The molecule has 0 aliphatic carbocycles. The quantitative estimate of drug-likeness (QED) is 0.345. The van der Waals surface area contributed by atoms with Gasteiger partial charge in [0.2, 0.25) is 0 Å². The standard InChI is InChI=1S/C28H31N5O2S2/c1-4-20(3)33-27(35)23(37-28(33)36)17-22-25(29-24-19(2)9-8-12-32(24)26(22)34)31-15-13-30(14-16-31)18-21-10-6-5-7-11-21/h5-12,17,20H,4,13-16,18H2,1-3H3/b23-17-/t20-/m0/s1. The topological polar surface area (TPSA) is 61.2 Å². The molecule has 37 heavy (non-hydrogen) atoms. The normalized spacial score (nSPS) is 18.8. The fraction of sp³-hybridized carbons (Fsp3) is 0.357. The van der Waals surface area contributed by atoms with E-state index in [1.54, 1.807) is 21.6 Å². The van der Waals surface area contributed by atoms with Crippen LogP contribution in [0, 0.1) is 6.92 Å². The van der Waals surface area contributed by atoms with Crippen LogP contribution in [0.25, 0.3) is 11.7 Å². The predicted molar refractivity (Wildman–Crippen MR) is 155 cm³/mol. The van der Waals surface area contributed by atoms with Crippen LogP contribution in [0.4, 0.5) is 5.82 Å². The minimum Gasteiger partial charge on any atom is -0.353 e.